The molecule has 0 atom stereocenters. The fourth-order valence-electron chi connectivity index (χ4n) is 1.14. The Balaban J connectivity index is 0.000000534. The molecule has 12 heteroatoms. The Hall–Kier alpha value is -1.90. The molecule has 1 heterocycles. The summed E-state index contributed by atoms with van der Waals surface area (Å²) in [7, 11) is -10.7. The maximum absolute atomic E-state index is 11.3. The zero-order valence-corrected chi connectivity index (χ0v) is 12.1. The van der Waals surface area contributed by atoms with E-state index in [1.54, 1.807) is 25.3 Å². The van der Waals surface area contributed by atoms with Gasteiger partial charge in [0.25, 0.3) is 5.91 Å². The van der Waals surface area contributed by atoms with Crippen molar-refractivity contribution in [1.82, 2.24) is 0 Å². The van der Waals surface area contributed by atoms with E-state index in [1.807, 2.05) is 0 Å². The van der Waals surface area contributed by atoms with Gasteiger partial charge in [-0.3, -0.25) is 4.79 Å². The van der Waals surface area contributed by atoms with E-state index in [2.05, 4.69) is 0 Å². The Morgan fingerprint density at radius 1 is 1.23 bits per heavy atom. The normalized spacial score (nSPS) is 14.0. The molecule has 0 aliphatic rings. The molecular formula is C10H13F6N2O3P. The van der Waals surface area contributed by atoms with Crippen LogP contribution < -0.4 is 10.3 Å². The molecule has 22 heavy (non-hydrogen) atoms. The van der Waals surface area contributed by atoms with Crippen molar-refractivity contribution in [1.29, 1.82) is 0 Å². The first-order valence-corrected chi connectivity index (χ1v) is 7.62. The van der Waals surface area contributed by atoms with Crippen LogP contribution in [0.5, 0.6) is 0 Å². The molecule has 1 aromatic rings. The number of amides is 1. The molecule has 0 spiro atoms. The van der Waals surface area contributed by atoms with E-state index in [1.165, 1.54) is 10.8 Å². The van der Waals surface area contributed by atoms with E-state index in [-0.39, 0.29) is 6.54 Å². The number of halogens is 6. The van der Waals surface area contributed by atoms with Gasteiger partial charge in [-0.15, -0.1) is 0 Å². The number of carbonyl (C=O) groups excluding carboxylic acids is 2. The summed E-state index contributed by atoms with van der Waals surface area (Å²) in [6.07, 6.45) is 3.19. The molecule has 128 valence electrons. The van der Waals surface area contributed by atoms with Gasteiger partial charge in [-0.2, -0.15) is 4.57 Å². The molecule has 0 saturated heterocycles. The second-order valence-electron chi connectivity index (χ2n) is 3.91. The van der Waals surface area contributed by atoms with Crippen LogP contribution in [0.2, 0.25) is 0 Å². The van der Waals surface area contributed by atoms with Crippen LogP contribution in [0.4, 0.5) is 25.2 Å². The second-order valence-corrected chi connectivity index (χ2v) is 5.83. The standard InChI is InChI=1S/C10H12N2O3.F6P/c1-2-15-10(14)8-4-3-5-12(6-8)7-9(11)13;1-7(2,3,4,5)6/h3-6H,2,7H2,1H3,(H-,11,13);/q;-1/p+1. The van der Waals surface area contributed by atoms with Gasteiger partial charge in [0, 0.05) is 6.07 Å². The topological polar surface area (TPSA) is 73.3 Å². The van der Waals surface area contributed by atoms with Gasteiger partial charge in [0.1, 0.15) is 5.56 Å². The molecule has 0 aliphatic carbocycles. The first-order chi connectivity index (χ1) is 9.58. The van der Waals surface area contributed by atoms with E-state index in [0.717, 1.165) is 0 Å². The third-order valence-corrected chi connectivity index (χ3v) is 1.71. The van der Waals surface area contributed by atoms with E-state index in [9.17, 15) is 34.8 Å². The van der Waals surface area contributed by atoms with Crippen molar-refractivity contribution in [3.8, 4) is 0 Å². The molecule has 0 saturated carbocycles. The van der Waals surface area contributed by atoms with Crippen LogP contribution in [0.15, 0.2) is 24.5 Å². The summed E-state index contributed by atoms with van der Waals surface area (Å²) in [5, 5.41) is 0. The van der Waals surface area contributed by atoms with Gasteiger partial charge in [0.05, 0.1) is 6.61 Å². The summed E-state index contributed by atoms with van der Waals surface area (Å²) in [5.74, 6) is -0.864. The summed E-state index contributed by atoms with van der Waals surface area (Å²) >= 11 is 0. The molecule has 0 radical (unpaired) electrons. The maximum atomic E-state index is 11.3. The van der Waals surface area contributed by atoms with Crippen molar-refractivity contribution >= 4 is 19.7 Å². The van der Waals surface area contributed by atoms with E-state index >= 15 is 0 Å². The van der Waals surface area contributed by atoms with Crippen LogP contribution in [0.1, 0.15) is 17.3 Å². The minimum absolute atomic E-state index is 0.0489. The van der Waals surface area contributed by atoms with Gasteiger partial charge in [0.2, 0.25) is 6.54 Å². The SMILES string of the molecule is CCOC(=O)c1ccc[n+](CC(N)=O)c1.F[P-](F)(F)(F)(F)F. The molecule has 1 rings (SSSR count). The summed E-state index contributed by atoms with van der Waals surface area (Å²) in [5.41, 5.74) is 5.44. The second kappa shape index (κ2) is 6.07. The summed E-state index contributed by atoms with van der Waals surface area (Å²) < 4.78 is 65.6. The average Bonchev–Trinajstić information content (AvgIpc) is 2.24. The molecule has 0 bridgehead atoms. The van der Waals surface area contributed by atoms with Gasteiger partial charge >= 0.3 is 39.0 Å². The van der Waals surface area contributed by atoms with Gasteiger partial charge in [-0.05, 0) is 13.0 Å². The van der Waals surface area contributed by atoms with Crippen molar-refractivity contribution < 1.29 is 44.1 Å². The Bertz CT molecular complexity index is 549. The van der Waals surface area contributed by atoms with Crippen molar-refractivity contribution in [2.75, 3.05) is 6.61 Å². The number of ether oxygens (including phenoxy) is 1. The first kappa shape index (κ1) is 20.1. The van der Waals surface area contributed by atoms with Gasteiger partial charge in [0.15, 0.2) is 12.4 Å². The number of nitrogens with two attached hydrogens (primary N) is 1. The molecule has 1 amide bonds. The van der Waals surface area contributed by atoms with E-state index in [0.29, 0.717) is 12.2 Å². The first-order valence-electron chi connectivity index (χ1n) is 5.59. The molecular weight excluding hydrogens is 341 g/mol. The van der Waals surface area contributed by atoms with Crippen molar-refractivity contribution in [2.45, 2.75) is 13.5 Å². The molecule has 1 aromatic heterocycles. The quantitative estimate of drug-likeness (QED) is 0.391. The van der Waals surface area contributed by atoms with Crippen LogP contribution in [0, 0.1) is 0 Å². The number of primary amides is 1. The number of nitrogens with zero attached hydrogens (tertiary/aromatic N) is 1. The fourth-order valence-corrected chi connectivity index (χ4v) is 1.14. The monoisotopic (exact) mass is 354 g/mol. The molecule has 0 aromatic carbocycles. The van der Waals surface area contributed by atoms with Crippen molar-refractivity contribution in [3.63, 3.8) is 0 Å². The molecule has 0 unspecified atom stereocenters. The molecule has 5 nitrogen and oxygen atoms in total. The zero-order chi connectivity index (χ0) is 17.7. The van der Waals surface area contributed by atoms with E-state index < -0.39 is 19.7 Å². The fraction of sp³-hybridized carbons (Fsp3) is 0.300. The van der Waals surface area contributed by atoms with Gasteiger partial charge in [-0.1, -0.05) is 0 Å². The predicted octanol–water partition coefficient (Wildman–Crippen LogP) is 3.02. The minimum atomic E-state index is -10.7. The van der Waals surface area contributed by atoms with Crippen LogP contribution in [0.3, 0.4) is 0 Å². The zero-order valence-electron chi connectivity index (χ0n) is 11.2. The van der Waals surface area contributed by atoms with Crippen molar-refractivity contribution in [3.05, 3.63) is 30.1 Å². The number of aromatic nitrogens is 1. The van der Waals surface area contributed by atoms with Gasteiger partial charge < -0.3 is 10.5 Å². The number of hydrogen-bond acceptors (Lipinski definition) is 3. The average molecular weight is 354 g/mol. The van der Waals surface area contributed by atoms with Gasteiger partial charge in [-0.25, -0.2) is 4.79 Å². The van der Waals surface area contributed by atoms with Crippen LogP contribution in [-0.2, 0) is 16.1 Å². The number of carbonyl (C=O) groups is 2. The van der Waals surface area contributed by atoms with E-state index in [4.69, 9.17) is 10.5 Å². The molecule has 0 aliphatic heterocycles. The number of esters is 1. The summed E-state index contributed by atoms with van der Waals surface area (Å²) in [4.78, 5) is 22.0. The van der Waals surface area contributed by atoms with Crippen LogP contribution in [0.25, 0.3) is 0 Å². The molecule has 0 fully saturated rings. The number of pyridine rings is 1. The Morgan fingerprint density at radius 3 is 2.14 bits per heavy atom. The summed E-state index contributed by atoms with van der Waals surface area (Å²) in [6.45, 7) is 2.11. The number of hydrogen-bond donors (Lipinski definition) is 1. The Kier molecular flexibility index (Phi) is 5.55. The third kappa shape index (κ3) is 14.5. The Morgan fingerprint density at radius 2 is 1.73 bits per heavy atom. The third-order valence-electron chi connectivity index (χ3n) is 1.71. The predicted molar refractivity (Wildman–Crippen MR) is 65.4 cm³/mol. The van der Waals surface area contributed by atoms with Crippen LogP contribution in [-0.4, -0.2) is 18.5 Å². The van der Waals surface area contributed by atoms with Crippen LogP contribution >= 0.6 is 7.81 Å². The molecule has 2 N–H and O–H groups in total. The number of rotatable bonds is 4. The summed E-state index contributed by atoms with van der Waals surface area (Å²) in [6, 6.07) is 3.28. The van der Waals surface area contributed by atoms with Crippen molar-refractivity contribution in [2.24, 2.45) is 5.73 Å². The Labute approximate surface area is 120 Å².